The summed E-state index contributed by atoms with van der Waals surface area (Å²) in [5.41, 5.74) is 2.05. The molecule has 74 valence electrons. The SMILES string of the molecule is CC1=NC2C(Br)=CC=C(Br)C2N=C1C. The van der Waals surface area contributed by atoms with Crippen molar-refractivity contribution in [1.29, 1.82) is 0 Å². The van der Waals surface area contributed by atoms with Crippen LogP contribution in [-0.4, -0.2) is 23.5 Å². The minimum atomic E-state index is 0.123. The predicted molar refractivity (Wildman–Crippen MR) is 67.8 cm³/mol. The minimum Gasteiger partial charge on any atom is -0.277 e. The Balaban J connectivity index is 2.43. The molecule has 2 aliphatic rings. The van der Waals surface area contributed by atoms with Crippen LogP contribution in [0.4, 0.5) is 0 Å². The van der Waals surface area contributed by atoms with Gasteiger partial charge in [0.1, 0.15) is 12.1 Å². The smallest absolute Gasteiger partial charge is 0.109 e. The maximum absolute atomic E-state index is 4.62. The summed E-state index contributed by atoms with van der Waals surface area (Å²) in [7, 11) is 0. The Morgan fingerprint density at radius 1 is 0.929 bits per heavy atom. The van der Waals surface area contributed by atoms with Crippen molar-refractivity contribution in [3.63, 3.8) is 0 Å². The molecule has 14 heavy (non-hydrogen) atoms. The van der Waals surface area contributed by atoms with E-state index < -0.39 is 0 Å². The van der Waals surface area contributed by atoms with Crippen LogP contribution >= 0.6 is 31.9 Å². The number of rotatable bonds is 0. The van der Waals surface area contributed by atoms with Gasteiger partial charge in [-0.1, -0.05) is 31.9 Å². The molecule has 0 amide bonds. The molecule has 2 atom stereocenters. The molecule has 0 fully saturated rings. The summed E-state index contributed by atoms with van der Waals surface area (Å²) >= 11 is 7.05. The third kappa shape index (κ3) is 1.65. The van der Waals surface area contributed by atoms with E-state index in [1.165, 1.54) is 0 Å². The summed E-state index contributed by atoms with van der Waals surface area (Å²) in [6, 6.07) is 0.246. The normalized spacial score (nSPS) is 31.1. The Hall–Kier alpha value is -0.220. The van der Waals surface area contributed by atoms with E-state index >= 15 is 0 Å². The Labute approximate surface area is 100 Å². The molecule has 2 unspecified atom stereocenters. The van der Waals surface area contributed by atoms with Crippen LogP contribution in [0.1, 0.15) is 13.8 Å². The van der Waals surface area contributed by atoms with Crippen LogP contribution in [0.5, 0.6) is 0 Å². The lowest BCUT2D eigenvalue weighted by atomic mass is 10.0. The van der Waals surface area contributed by atoms with E-state index in [2.05, 4.69) is 41.8 Å². The van der Waals surface area contributed by atoms with Crippen molar-refractivity contribution in [2.24, 2.45) is 9.98 Å². The van der Waals surface area contributed by atoms with Crippen molar-refractivity contribution in [1.82, 2.24) is 0 Å². The average molecular weight is 318 g/mol. The number of nitrogens with zero attached hydrogens (tertiary/aromatic N) is 2. The lowest BCUT2D eigenvalue weighted by molar-refractivity contribution is 0.683. The monoisotopic (exact) mass is 316 g/mol. The molecule has 0 aromatic heterocycles. The van der Waals surface area contributed by atoms with E-state index in [1.807, 2.05) is 26.0 Å². The fourth-order valence-corrected chi connectivity index (χ4v) is 2.50. The van der Waals surface area contributed by atoms with Gasteiger partial charge < -0.3 is 0 Å². The topological polar surface area (TPSA) is 24.7 Å². The fraction of sp³-hybridized carbons (Fsp3) is 0.400. The fourth-order valence-electron chi connectivity index (χ4n) is 1.53. The van der Waals surface area contributed by atoms with Crippen molar-refractivity contribution < 1.29 is 0 Å². The molecule has 2 rings (SSSR count). The van der Waals surface area contributed by atoms with Gasteiger partial charge in [-0.15, -0.1) is 0 Å². The zero-order chi connectivity index (χ0) is 10.3. The molecule has 1 aliphatic heterocycles. The summed E-state index contributed by atoms with van der Waals surface area (Å²) < 4.78 is 2.20. The molecule has 1 heterocycles. The van der Waals surface area contributed by atoms with Crippen LogP contribution in [0, 0.1) is 0 Å². The highest BCUT2D eigenvalue weighted by Crippen LogP contribution is 2.33. The first-order chi connectivity index (χ1) is 6.59. The first kappa shape index (κ1) is 10.3. The van der Waals surface area contributed by atoms with E-state index in [0.717, 1.165) is 20.4 Å². The minimum absolute atomic E-state index is 0.123. The van der Waals surface area contributed by atoms with Crippen LogP contribution in [0.2, 0.25) is 0 Å². The first-order valence-corrected chi connectivity index (χ1v) is 6.00. The summed E-state index contributed by atoms with van der Waals surface area (Å²) in [5, 5.41) is 0. The van der Waals surface area contributed by atoms with Gasteiger partial charge in [0.25, 0.3) is 0 Å². The highest BCUT2D eigenvalue weighted by Gasteiger charge is 2.30. The van der Waals surface area contributed by atoms with Gasteiger partial charge in [-0.25, -0.2) is 0 Å². The van der Waals surface area contributed by atoms with E-state index in [4.69, 9.17) is 0 Å². The van der Waals surface area contributed by atoms with Crippen LogP contribution in [-0.2, 0) is 0 Å². The van der Waals surface area contributed by atoms with Crippen molar-refractivity contribution in [3.8, 4) is 0 Å². The second kappa shape index (κ2) is 3.74. The Morgan fingerprint density at radius 3 is 1.64 bits per heavy atom. The van der Waals surface area contributed by atoms with Crippen molar-refractivity contribution in [2.75, 3.05) is 0 Å². The largest absolute Gasteiger partial charge is 0.277 e. The third-order valence-electron chi connectivity index (χ3n) is 2.46. The van der Waals surface area contributed by atoms with E-state index in [0.29, 0.717) is 0 Å². The van der Waals surface area contributed by atoms with Gasteiger partial charge in [0.2, 0.25) is 0 Å². The summed E-state index contributed by atoms with van der Waals surface area (Å²) in [6.45, 7) is 4.00. The molecule has 0 saturated heterocycles. The van der Waals surface area contributed by atoms with Gasteiger partial charge in [-0.05, 0) is 26.0 Å². The summed E-state index contributed by atoms with van der Waals surface area (Å²) in [6.07, 6.45) is 4.05. The van der Waals surface area contributed by atoms with Crippen molar-refractivity contribution in [3.05, 3.63) is 21.1 Å². The standard InChI is InChI=1S/C10H10Br2N2/c1-5-6(2)14-10-8(12)4-3-7(11)9(10)13-5/h3-4,9-10H,1-2H3. The van der Waals surface area contributed by atoms with E-state index in [1.54, 1.807) is 0 Å². The van der Waals surface area contributed by atoms with Crippen molar-refractivity contribution in [2.45, 2.75) is 25.9 Å². The third-order valence-corrected chi connectivity index (χ3v) is 3.92. The van der Waals surface area contributed by atoms with Crippen molar-refractivity contribution >= 4 is 43.3 Å². The first-order valence-electron chi connectivity index (χ1n) is 4.41. The lowest BCUT2D eigenvalue weighted by Crippen LogP contribution is -2.33. The summed E-state index contributed by atoms with van der Waals surface area (Å²) in [4.78, 5) is 9.23. The predicted octanol–water partition coefficient (Wildman–Crippen LogP) is 3.23. The zero-order valence-corrected chi connectivity index (χ0v) is 11.1. The Morgan fingerprint density at radius 2 is 1.29 bits per heavy atom. The number of hydrogen-bond donors (Lipinski definition) is 0. The van der Waals surface area contributed by atoms with Gasteiger partial charge in [-0.2, -0.15) is 0 Å². The highest BCUT2D eigenvalue weighted by atomic mass is 79.9. The molecular formula is C10H10Br2N2. The second-order valence-corrected chi connectivity index (χ2v) is 5.25. The van der Waals surface area contributed by atoms with Gasteiger partial charge in [0, 0.05) is 8.96 Å². The number of fused-ring (bicyclic) bond motifs is 1. The Kier molecular flexibility index (Phi) is 2.75. The molecule has 0 spiro atoms. The van der Waals surface area contributed by atoms with Gasteiger partial charge in [-0.3, -0.25) is 9.98 Å². The van der Waals surface area contributed by atoms with Gasteiger partial charge in [0.05, 0.1) is 11.4 Å². The quantitative estimate of drug-likeness (QED) is 0.655. The maximum atomic E-state index is 4.62. The molecule has 0 N–H and O–H groups in total. The average Bonchev–Trinajstić information content (AvgIpc) is 2.15. The molecular weight excluding hydrogens is 308 g/mol. The molecule has 0 aromatic rings. The molecule has 0 saturated carbocycles. The number of aliphatic imine (C=N–C) groups is 2. The van der Waals surface area contributed by atoms with Crippen LogP contribution in [0.25, 0.3) is 0 Å². The molecule has 2 nitrogen and oxygen atoms in total. The molecule has 0 bridgehead atoms. The molecule has 0 radical (unpaired) electrons. The van der Waals surface area contributed by atoms with Crippen LogP contribution in [0.15, 0.2) is 31.1 Å². The molecule has 1 aliphatic carbocycles. The lowest BCUT2D eigenvalue weighted by Gasteiger charge is -2.28. The van der Waals surface area contributed by atoms with E-state index in [-0.39, 0.29) is 12.1 Å². The number of allylic oxidation sites excluding steroid dienone is 2. The highest BCUT2D eigenvalue weighted by molar-refractivity contribution is 9.12. The zero-order valence-electron chi connectivity index (χ0n) is 7.96. The van der Waals surface area contributed by atoms with E-state index in [9.17, 15) is 0 Å². The van der Waals surface area contributed by atoms with Crippen LogP contribution < -0.4 is 0 Å². The number of halogens is 2. The van der Waals surface area contributed by atoms with Gasteiger partial charge >= 0.3 is 0 Å². The summed E-state index contributed by atoms with van der Waals surface area (Å²) in [5.74, 6) is 0. The molecule has 0 aromatic carbocycles. The second-order valence-electron chi connectivity index (χ2n) is 3.42. The van der Waals surface area contributed by atoms with Gasteiger partial charge in [0.15, 0.2) is 0 Å². The van der Waals surface area contributed by atoms with Crippen LogP contribution in [0.3, 0.4) is 0 Å². The Bertz CT molecular complexity index is 353. The maximum Gasteiger partial charge on any atom is 0.109 e. The number of hydrogen-bond acceptors (Lipinski definition) is 2. The molecule has 4 heteroatoms.